The van der Waals surface area contributed by atoms with Crippen LogP contribution in [-0.4, -0.2) is 24.6 Å². The molecule has 0 radical (unpaired) electrons. The Morgan fingerprint density at radius 3 is 2.94 bits per heavy atom. The zero-order valence-electron chi connectivity index (χ0n) is 10.6. The molecule has 3 rings (SSSR count). The third kappa shape index (κ3) is 2.47. The van der Waals surface area contributed by atoms with Gasteiger partial charge >= 0.3 is 0 Å². The first-order chi connectivity index (χ1) is 8.31. The number of fused-ring (bicyclic) bond motifs is 1. The average molecular weight is 231 g/mol. The van der Waals surface area contributed by atoms with Crippen molar-refractivity contribution in [1.29, 1.82) is 0 Å². The van der Waals surface area contributed by atoms with Crippen molar-refractivity contribution in [3.8, 4) is 5.75 Å². The number of piperidine rings is 1. The monoisotopic (exact) mass is 231 g/mol. The molecule has 1 aromatic carbocycles. The number of likely N-dealkylation sites (tertiary alicyclic amines) is 1. The summed E-state index contributed by atoms with van der Waals surface area (Å²) in [6.45, 7) is 6.85. The molecule has 0 saturated carbocycles. The van der Waals surface area contributed by atoms with Crippen LogP contribution in [0, 0.1) is 5.92 Å². The van der Waals surface area contributed by atoms with Gasteiger partial charge in [0.25, 0.3) is 0 Å². The third-order valence-electron chi connectivity index (χ3n) is 4.04. The van der Waals surface area contributed by atoms with E-state index < -0.39 is 0 Å². The normalized spacial score (nSPS) is 21.2. The van der Waals surface area contributed by atoms with E-state index in [0.717, 1.165) is 31.2 Å². The summed E-state index contributed by atoms with van der Waals surface area (Å²) in [5.74, 6) is 2.01. The number of benzene rings is 1. The van der Waals surface area contributed by atoms with Gasteiger partial charge in [0.1, 0.15) is 5.75 Å². The number of ether oxygens (including phenoxy) is 1. The van der Waals surface area contributed by atoms with Crippen molar-refractivity contribution in [2.45, 2.75) is 32.7 Å². The van der Waals surface area contributed by atoms with Crippen molar-refractivity contribution in [1.82, 2.24) is 4.90 Å². The third-order valence-corrected chi connectivity index (χ3v) is 4.04. The van der Waals surface area contributed by atoms with E-state index in [9.17, 15) is 0 Å². The van der Waals surface area contributed by atoms with Gasteiger partial charge in [0.05, 0.1) is 6.61 Å². The van der Waals surface area contributed by atoms with Gasteiger partial charge in [-0.2, -0.15) is 0 Å². The van der Waals surface area contributed by atoms with Crippen molar-refractivity contribution >= 4 is 0 Å². The Balaban J connectivity index is 1.65. The standard InChI is InChI=1S/C15H21NO/c1-12-4-7-16(8-5-12)11-13-2-3-15-14(10-13)6-9-17-15/h2-3,10,12H,4-9,11H2,1H3. The number of hydrogen-bond donors (Lipinski definition) is 0. The zero-order chi connectivity index (χ0) is 11.7. The molecule has 17 heavy (non-hydrogen) atoms. The lowest BCUT2D eigenvalue weighted by Crippen LogP contribution is -2.32. The maximum absolute atomic E-state index is 5.54. The topological polar surface area (TPSA) is 12.5 Å². The van der Waals surface area contributed by atoms with Crippen LogP contribution in [0.1, 0.15) is 30.9 Å². The maximum atomic E-state index is 5.54. The van der Waals surface area contributed by atoms with Gasteiger partial charge in [-0.1, -0.05) is 19.1 Å². The van der Waals surface area contributed by atoms with Gasteiger partial charge in [-0.25, -0.2) is 0 Å². The van der Waals surface area contributed by atoms with Crippen LogP contribution in [0.4, 0.5) is 0 Å². The van der Waals surface area contributed by atoms with E-state index in [1.54, 1.807) is 0 Å². The van der Waals surface area contributed by atoms with Crippen LogP contribution in [0.5, 0.6) is 5.75 Å². The van der Waals surface area contributed by atoms with Crippen LogP contribution in [0.3, 0.4) is 0 Å². The van der Waals surface area contributed by atoms with Crippen LogP contribution in [0.25, 0.3) is 0 Å². The molecular weight excluding hydrogens is 210 g/mol. The zero-order valence-corrected chi connectivity index (χ0v) is 10.6. The fraction of sp³-hybridized carbons (Fsp3) is 0.600. The first kappa shape index (κ1) is 11.1. The largest absolute Gasteiger partial charge is 0.493 e. The summed E-state index contributed by atoms with van der Waals surface area (Å²) in [7, 11) is 0. The molecule has 0 atom stereocenters. The Morgan fingerprint density at radius 2 is 2.12 bits per heavy atom. The summed E-state index contributed by atoms with van der Waals surface area (Å²) >= 11 is 0. The van der Waals surface area contributed by atoms with Gasteiger partial charge in [0.15, 0.2) is 0 Å². The SMILES string of the molecule is CC1CCN(Cc2ccc3c(c2)CCO3)CC1. The summed E-state index contributed by atoms with van der Waals surface area (Å²) in [6, 6.07) is 6.70. The molecule has 92 valence electrons. The Hall–Kier alpha value is -1.02. The van der Waals surface area contributed by atoms with Gasteiger partial charge in [-0.15, -0.1) is 0 Å². The lowest BCUT2D eigenvalue weighted by molar-refractivity contribution is 0.185. The van der Waals surface area contributed by atoms with E-state index in [1.807, 2.05) is 0 Å². The second-order valence-electron chi connectivity index (χ2n) is 5.50. The van der Waals surface area contributed by atoms with Crippen LogP contribution in [0.2, 0.25) is 0 Å². The number of hydrogen-bond acceptors (Lipinski definition) is 2. The van der Waals surface area contributed by atoms with E-state index in [4.69, 9.17) is 4.74 Å². The minimum absolute atomic E-state index is 0.861. The van der Waals surface area contributed by atoms with E-state index in [0.29, 0.717) is 0 Å². The summed E-state index contributed by atoms with van der Waals surface area (Å²) in [6.07, 6.45) is 3.79. The minimum atomic E-state index is 0.861. The maximum Gasteiger partial charge on any atom is 0.122 e. The smallest absolute Gasteiger partial charge is 0.122 e. The van der Waals surface area contributed by atoms with E-state index in [2.05, 4.69) is 30.0 Å². The van der Waals surface area contributed by atoms with Crippen molar-refractivity contribution in [3.05, 3.63) is 29.3 Å². The molecular formula is C15H21NO. The number of nitrogens with zero attached hydrogens (tertiary/aromatic N) is 1. The molecule has 0 unspecified atom stereocenters. The van der Waals surface area contributed by atoms with Crippen molar-refractivity contribution in [2.24, 2.45) is 5.92 Å². The number of rotatable bonds is 2. The van der Waals surface area contributed by atoms with Gasteiger partial charge in [-0.05, 0) is 49.0 Å². The van der Waals surface area contributed by atoms with Gasteiger partial charge < -0.3 is 4.74 Å². The molecule has 2 heterocycles. The van der Waals surface area contributed by atoms with Gasteiger partial charge in [0, 0.05) is 13.0 Å². The fourth-order valence-corrected chi connectivity index (χ4v) is 2.82. The van der Waals surface area contributed by atoms with Crippen molar-refractivity contribution in [2.75, 3.05) is 19.7 Å². The highest BCUT2D eigenvalue weighted by Gasteiger charge is 2.17. The molecule has 2 aliphatic rings. The average Bonchev–Trinajstić information content (AvgIpc) is 2.79. The molecule has 0 aliphatic carbocycles. The second-order valence-corrected chi connectivity index (χ2v) is 5.50. The van der Waals surface area contributed by atoms with Crippen molar-refractivity contribution in [3.63, 3.8) is 0 Å². The summed E-state index contributed by atoms with van der Waals surface area (Å²) in [5.41, 5.74) is 2.84. The first-order valence-electron chi connectivity index (χ1n) is 6.78. The van der Waals surface area contributed by atoms with Crippen LogP contribution >= 0.6 is 0 Å². The molecule has 0 bridgehead atoms. The van der Waals surface area contributed by atoms with E-state index in [-0.39, 0.29) is 0 Å². The fourth-order valence-electron chi connectivity index (χ4n) is 2.82. The molecule has 0 amide bonds. The molecule has 1 aromatic rings. The molecule has 0 spiro atoms. The van der Waals surface area contributed by atoms with Gasteiger partial charge in [0.2, 0.25) is 0 Å². The van der Waals surface area contributed by atoms with Gasteiger partial charge in [-0.3, -0.25) is 4.90 Å². The Labute approximate surface area is 104 Å². The van der Waals surface area contributed by atoms with Crippen LogP contribution < -0.4 is 4.74 Å². The van der Waals surface area contributed by atoms with E-state index >= 15 is 0 Å². The Bertz CT molecular complexity index is 394. The second kappa shape index (κ2) is 4.69. The first-order valence-corrected chi connectivity index (χ1v) is 6.78. The molecule has 0 aromatic heterocycles. The molecule has 1 saturated heterocycles. The minimum Gasteiger partial charge on any atom is -0.493 e. The summed E-state index contributed by atoms with van der Waals surface area (Å²) < 4.78 is 5.54. The Morgan fingerprint density at radius 1 is 1.29 bits per heavy atom. The molecule has 2 aliphatic heterocycles. The van der Waals surface area contributed by atoms with Crippen molar-refractivity contribution < 1.29 is 4.74 Å². The highest BCUT2D eigenvalue weighted by atomic mass is 16.5. The molecule has 2 nitrogen and oxygen atoms in total. The predicted molar refractivity (Wildman–Crippen MR) is 69.3 cm³/mol. The highest BCUT2D eigenvalue weighted by molar-refractivity contribution is 5.39. The quantitative estimate of drug-likeness (QED) is 0.776. The molecule has 1 fully saturated rings. The summed E-state index contributed by atoms with van der Waals surface area (Å²) in [4.78, 5) is 2.58. The van der Waals surface area contributed by atoms with E-state index in [1.165, 1.54) is 37.1 Å². The highest BCUT2D eigenvalue weighted by Crippen LogP contribution is 2.27. The summed E-state index contributed by atoms with van der Waals surface area (Å²) in [5, 5.41) is 0. The molecule has 2 heteroatoms. The van der Waals surface area contributed by atoms with Crippen LogP contribution in [-0.2, 0) is 13.0 Å². The molecule has 0 N–H and O–H groups in total. The van der Waals surface area contributed by atoms with Crippen LogP contribution in [0.15, 0.2) is 18.2 Å². The predicted octanol–water partition coefficient (Wildman–Crippen LogP) is 2.85. The Kier molecular flexibility index (Phi) is 3.06. The lowest BCUT2D eigenvalue weighted by Gasteiger charge is -2.30. The lowest BCUT2D eigenvalue weighted by atomic mass is 9.98.